The van der Waals surface area contributed by atoms with E-state index in [0.29, 0.717) is 0 Å². The SMILES string of the molecule is C=CCO.NO. The van der Waals surface area contributed by atoms with Crippen molar-refractivity contribution in [2.24, 2.45) is 5.90 Å². The highest BCUT2D eigenvalue weighted by molar-refractivity contribution is 4.60. The van der Waals surface area contributed by atoms with E-state index >= 15 is 0 Å². The zero-order valence-corrected chi connectivity index (χ0v) is 3.46. The van der Waals surface area contributed by atoms with E-state index in [1.165, 1.54) is 6.08 Å². The molecule has 0 aliphatic carbocycles. The van der Waals surface area contributed by atoms with Crippen LogP contribution in [0.1, 0.15) is 0 Å². The third kappa shape index (κ3) is 64.6. The van der Waals surface area contributed by atoms with E-state index in [1.54, 1.807) is 0 Å². The van der Waals surface area contributed by atoms with Crippen LogP contribution in [0.3, 0.4) is 0 Å². The summed E-state index contributed by atoms with van der Waals surface area (Å²) >= 11 is 0. The van der Waals surface area contributed by atoms with Crippen molar-refractivity contribution in [1.29, 1.82) is 0 Å². The number of nitrogens with two attached hydrogens (primary N) is 1. The van der Waals surface area contributed by atoms with Crippen molar-refractivity contribution >= 4 is 0 Å². The number of hydrogen-bond donors (Lipinski definition) is 3. The van der Waals surface area contributed by atoms with Crippen LogP contribution in [-0.4, -0.2) is 16.9 Å². The Labute approximate surface area is 36.7 Å². The van der Waals surface area contributed by atoms with Gasteiger partial charge in [-0.2, -0.15) is 0 Å². The van der Waals surface area contributed by atoms with Gasteiger partial charge in [0.05, 0.1) is 6.61 Å². The first-order valence-corrected chi connectivity index (χ1v) is 1.39. The largest absolute Gasteiger partial charge is 0.392 e. The molecule has 3 heteroatoms. The summed E-state index contributed by atoms with van der Waals surface area (Å²) in [6.45, 7) is 3.31. The molecule has 0 aromatic heterocycles. The molecule has 38 valence electrons. The van der Waals surface area contributed by atoms with Crippen molar-refractivity contribution in [3.8, 4) is 0 Å². The molecule has 6 heavy (non-hydrogen) atoms. The molecule has 4 N–H and O–H groups in total. The Balaban J connectivity index is 0. The molecular formula is C3H9NO2. The van der Waals surface area contributed by atoms with Crippen molar-refractivity contribution in [2.45, 2.75) is 0 Å². The molecule has 0 heterocycles. The highest BCUT2D eigenvalue weighted by Gasteiger charge is 1.45. The molecule has 0 unspecified atom stereocenters. The Kier molecular flexibility index (Phi) is 35.2. The van der Waals surface area contributed by atoms with Crippen LogP contribution in [0.15, 0.2) is 12.7 Å². The van der Waals surface area contributed by atoms with Crippen LogP contribution in [0.5, 0.6) is 0 Å². The van der Waals surface area contributed by atoms with E-state index in [1.807, 2.05) is 0 Å². The van der Waals surface area contributed by atoms with Crippen LogP contribution in [0, 0.1) is 0 Å². The molecule has 0 saturated heterocycles. The van der Waals surface area contributed by atoms with Gasteiger partial charge in [0.15, 0.2) is 0 Å². The van der Waals surface area contributed by atoms with E-state index < -0.39 is 0 Å². The fraction of sp³-hybridized carbons (Fsp3) is 0.333. The zero-order valence-electron chi connectivity index (χ0n) is 3.46. The third-order valence-corrected chi connectivity index (χ3v) is 0.129. The van der Waals surface area contributed by atoms with Gasteiger partial charge in [0.2, 0.25) is 0 Å². The predicted molar refractivity (Wildman–Crippen MR) is 23.3 cm³/mol. The predicted octanol–water partition coefficient (Wildman–Crippen LogP) is -0.501. The molecule has 0 aliphatic rings. The monoisotopic (exact) mass is 91.1 g/mol. The number of aliphatic hydroxyl groups excluding tert-OH is 1. The van der Waals surface area contributed by atoms with Gasteiger partial charge in [0.25, 0.3) is 0 Å². The van der Waals surface area contributed by atoms with Crippen LogP contribution in [0.25, 0.3) is 0 Å². The second-order valence-electron chi connectivity index (χ2n) is 0.471. The molecule has 0 fully saturated rings. The van der Waals surface area contributed by atoms with Crippen molar-refractivity contribution in [2.75, 3.05) is 6.61 Å². The molecule has 0 bridgehead atoms. The fourth-order valence-electron chi connectivity index (χ4n) is 0. The number of hydrogen-bond acceptors (Lipinski definition) is 3. The Morgan fingerprint density at radius 3 is 1.83 bits per heavy atom. The summed E-state index contributed by atoms with van der Waals surface area (Å²) in [4.78, 5) is 0. The summed E-state index contributed by atoms with van der Waals surface area (Å²) in [5.41, 5.74) is 0. The minimum absolute atomic E-state index is 0.0833. The smallest absolute Gasteiger partial charge is 0.0609 e. The normalized spacial score (nSPS) is 5.17. The highest BCUT2D eigenvalue weighted by atomic mass is 16.4. The van der Waals surface area contributed by atoms with Crippen molar-refractivity contribution in [3.63, 3.8) is 0 Å². The van der Waals surface area contributed by atoms with Crippen molar-refractivity contribution in [3.05, 3.63) is 12.7 Å². The van der Waals surface area contributed by atoms with Crippen LogP contribution >= 0.6 is 0 Å². The minimum atomic E-state index is 0.0833. The molecule has 0 amide bonds. The van der Waals surface area contributed by atoms with E-state index in [2.05, 4.69) is 12.5 Å². The fourth-order valence-corrected chi connectivity index (χ4v) is 0. The standard InChI is InChI=1S/C3H6O.H3NO/c1-2-3-4;1-2/h2,4H,1,3H2;2H,1H2. The van der Waals surface area contributed by atoms with Gasteiger partial charge in [-0.3, -0.25) is 0 Å². The van der Waals surface area contributed by atoms with Gasteiger partial charge in [-0.1, -0.05) is 6.08 Å². The molecule has 0 saturated carbocycles. The van der Waals surface area contributed by atoms with Gasteiger partial charge in [-0.25, -0.2) is 5.90 Å². The van der Waals surface area contributed by atoms with Crippen molar-refractivity contribution in [1.82, 2.24) is 0 Å². The van der Waals surface area contributed by atoms with E-state index in [0.717, 1.165) is 0 Å². The molecule has 0 spiro atoms. The average Bonchev–Trinajstić information content (AvgIpc) is 1.72. The number of aliphatic hydroxyl groups is 1. The molecule has 0 aromatic carbocycles. The lowest BCUT2D eigenvalue weighted by molar-refractivity contribution is 0.311. The van der Waals surface area contributed by atoms with Crippen LogP contribution in [0.2, 0.25) is 0 Å². The maximum Gasteiger partial charge on any atom is 0.0609 e. The molecule has 0 rings (SSSR count). The Morgan fingerprint density at radius 1 is 1.67 bits per heavy atom. The van der Waals surface area contributed by atoms with Gasteiger partial charge in [-0.05, 0) is 0 Å². The topological polar surface area (TPSA) is 66.5 Å². The molecule has 0 radical (unpaired) electrons. The van der Waals surface area contributed by atoms with E-state index in [9.17, 15) is 0 Å². The molecule has 3 nitrogen and oxygen atoms in total. The molecule has 0 aliphatic heterocycles. The summed E-state index contributed by atoms with van der Waals surface area (Å²) in [7, 11) is 0. The van der Waals surface area contributed by atoms with Crippen LogP contribution in [0.4, 0.5) is 0 Å². The lowest BCUT2D eigenvalue weighted by Gasteiger charge is -1.60. The molecule has 0 aromatic rings. The average molecular weight is 91.1 g/mol. The second-order valence-corrected chi connectivity index (χ2v) is 0.471. The summed E-state index contributed by atoms with van der Waals surface area (Å²) < 4.78 is 0. The van der Waals surface area contributed by atoms with E-state index in [4.69, 9.17) is 10.3 Å². The van der Waals surface area contributed by atoms with Gasteiger partial charge in [0.1, 0.15) is 0 Å². The third-order valence-electron chi connectivity index (χ3n) is 0.129. The first kappa shape index (κ1) is 9.15. The maximum absolute atomic E-state index is 7.76. The van der Waals surface area contributed by atoms with E-state index in [-0.39, 0.29) is 6.61 Å². The summed E-state index contributed by atoms with van der Waals surface area (Å²) in [5, 5.41) is 14.3. The zero-order chi connectivity index (χ0) is 5.41. The quantitative estimate of drug-likeness (QED) is 0.301. The van der Waals surface area contributed by atoms with Gasteiger partial charge in [0, 0.05) is 0 Å². The lowest BCUT2D eigenvalue weighted by atomic mass is 10.7. The number of rotatable bonds is 1. The summed E-state index contributed by atoms with van der Waals surface area (Å²) in [5.74, 6) is 3.50. The highest BCUT2D eigenvalue weighted by Crippen LogP contribution is 1.46. The maximum atomic E-state index is 7.76. The summed E-state index contributed by atoms with van der Waals surface area (Å²) in [6, 6.07) is 0. The van der Waals surface area contributed by atoms with Gasteiger partial charge >= 0.3 is 0 Å². The molecular weight excluding hydrogens is 82.0 g/mol. The minimum Gasteiger partial charge on any atom is -0.392 e. The Morgan fingerprint density at radius 2 is 1.83 bits per heavy atom. The van der Waals surface area contributed by atoms with Gasteiger partial charge in [-0.15, -0.1) is 6.58 Å². The molecule has 0 atom stereocenters. The van der Waals surface area contributed by atoms with Gasteiger partial charge < -0.3 is 10.3 Å². The lowest BCUT2D eigenvalue weighted by Crippen LogP contribution is -1.72. The van der Waals surface area contributed by atoms with Crippen LogP contribution in [-0.2, 0) is 0 Å². The first-order chi connectivity index (χ1) is 2.91. The summed E-state index contributed by atoms with van der Waals surface area (Å²) in [6.07, 6.45) is 1.43. The first-order valence-electron chi connectivity index (χ1n) is 1.39. The van der Waals surface area contributed by atoms with Crippen LogP contribution < -0.4 is 5.90 Å². The van der Waals surface area contributed by atoms with Crippen molar-refractivity contribution < 1.29 is 10.3 Å². The Bertz CT molecular complexity index is 22.8. The Hall–Kier alpha value is -0.380. The second kappa shape index (κ2) is 23.1.